The molecule has 1 fully saturated rings. The lowest BCUT2D eigenvalue weighted by molar-refractivity contribution is 0.0909. The Bertz CT molecular complexity index is 793. The molecular formula is C21H28N4O. The highest BCUT2D eigenvalue weighted by atomic mass is 16.2. The van der Waals surface area contributed by atoms with Crippen molar-refractivity contribution in [1.82, 2.24) is 20.4 Å². The lowest BCUT2D eigenvalue weighted by Gasteiger charge is -2.30. The molecule has 5 heteroatoms. The topological polar surface area (TPSA) is 59.0 Å². The maximum Gasteiger partial charge on any atom is 0.272 e. The van der Waals surface area contributed by atoms with Crippen molar-refractivity contribution in [3.63, 3.8) is 0 Å². The van der Waals surface area contributed by atoms with Crippen LogP contribution in [0.1, 0.15) is 54.0 Å². The van der Waals surface area contributed by atoms with Crippen LogP contribution >= 0.6 is 0 Å². The fourth-order valence-electron chi connectivity index (χ4n) is 4.13. The molecule has 4 rings (SSSR count). The Morgan fingerprint density at radius 1 is 1.31 bits per heavy atom. The predicted molar refractivity (Wildman–Crippen MR) is 103 cm³/mol. The van der Waals surface area contributed by atoms with Gasteiger partial charge in [0.15, 0.2) is 5.69 Å². The van der Waals surface area contributed by atoms with Gasteiger partial charge in [-0.25, -0.2) is 4.68 Å². The Kier molecular flexibility index (Phi) is 4.81. The summed E-state index contributed by atoms with van der Waals surface area (Å²) in [5.41, 5.74) is 5.32. The summed E-state index contributed by atoms with van der Waals surface area (Å²) in [5.74, 6) is 0.476. The number of amides is 1. The third-order valence-corrected chi connectivity index (χ3v) is 5.88. The lowest BCUT2D eigenvalue weighted by Crippen LogP contribution is -2.50. The second-order valence-corrected chi connectivity index (χ2v) is 7.61. The van der Waals surface area contributed by atoms with Crippen molar-refractivity contribution < 1.29 is 4.79 Å². The Morgan fingerprint density at radius 2 is 2.12 bits per heavy atom. The summed E-state index contributed by atoms with van der Waals surface area (Å²) < 4.78 is 1.99. The maximum absolute atomic E-state index is 12.9. The third-order valence-electron chi connectivity index (χ3n) is 5.88. The van der Waals surface area contributed by atoms with Gasteiger partial charge in [-0.15, -0.1) is 0 Å². The van der Waals surface area contributed by atoms with Crippen molar-refractivity contribution in [2.45, 2.75) is 52.0 Å². The van der Waals surface area contributed by atoms with Crippen LogP contribution in [0.15, 0.2) is 24.3 Å². The van der Waals surface area contributed by atoms with E-state index in [0.29, 0.717) is 11.6 Å². The van der Waals surface area contributed by atoms with Crippen LogP contribution in [0.5, 0.6) is 0 Å². The largest absolute Gasteiger partial charge is 0.346 e. The number of carbonyl (C=O) groups is 1. The van der Waals surface area contributed by atoms with Gasteiger partial charge >= 0.3 is 0 Å². The first-order valence-electron chi connectivity index (χ1n) is 9.89. The Hall–Kier alpha value is -2.14. The summed E-state index contributed by atoms with van der Waals surface area (Å²) in [4.78, 5) is 12.9. The second kappa shape index (κ2) is 7.23. The molecule has 1 amide bonds. The molecule has 2 N–H and O–H groups in total. The number of benzene rings is 1. The molecule has 1 aromatic carbocycles. The van der Waals surface area contributed by atoms with E-state index in [1.54, 1.807) is 0 Å². The highest BCUT2D eigenvalue weighted by Gasteiger charge is 2.29. The van der Waals surface area contributed by atoms with Crippen LogP contribution in [0, 0.1) is 5.92 Å². The number of carbonyl (C=O) groups excluding carboxylic acids is 1. The highest BCUT2D eigenvalue weighted by molar-refractivity contribution is 5.94. The minimum absolute atomic E-state index is 0.0207. The standard InChI is InChI=1S/C21H28N4O/c1-3-15-7-9-16(10-8-15)25-19-6-4-5-17(19)20(24-25)21(26)23-18-13-22-12-11-14(18)2/h7-10,14,18,22H,3-6,11-13H2,1-2H3,(H,23,26). The van der Waals surface area contributed by atoms with Gasteiger partial charge in [-0.3, -0.25) is 4.79 Å². The number of hydrogen-bond acceptors (Lipinski definition) is 3. The van der Waals surface area contributed by atoms with Gasteiger partial charge in [-0.2, -0.15) is 5.10 Å². The number of aromatic nitrogens is 2. The average Bonchev–Trinajstić information content (AvgIpc) is 3.26. The smallest absolute Gasteiger partial charge is 0.272 e. The monoisotopic (exact) mass is 352 g/mol. The summed E-state index contributed by atoms with van der Waals surface area (Å²) in [6.45, 7) is 6.24. The zero-order valence-corrected chi connectivity index (χ0v) is 15.7. The molecule has 2 aromatic rings. The van der Waals surface area contributed by atoms with E-state index < -0.39 is 0 Å². The number of piperidine rings is 1. The quantitative estimate of drug-likeness (QED) is 0.889. The number of fused-ring (bicyclic) bond motifs is 1. The normalized spacial score (nSPS) is 22.2. The summed E-state index contributed by atoms with van der Waals surface area (Å²) in [6, 6.07) is 8.70. The molecule has 2 heterocycles. The van der Waals surface area contributed by atoms with Gasteiger partial charge in [0.1, 0.15) is 0 Å². The Labute approximate surface area is 155 Å². The van der Waals surface area contributed by atoms with E-state index in [1.807, 2.05) is 4.68 Å². The predicted octanol–water partition coefficient (Wildman–Crippen LogP) is 2.65. The van der Waals surface area contributed by atoms with Crippen molar-refractivity contribution in [1.29, 1.82) is 0 Å². The van der Waals surface area contributed by atoms with Crippen LogP contribution in [0.25, 0.3) is 5.69 Å². The lowest BCUT2D eigenvalue weighted by atomic mass is 9.94. The molecule has 0 radical (unpaired) electrons. The molecule has 2 atom stereocenters. The molecule has 0 spiro atoms. The molecule has 1 saturated heterocycles. The van der Waals surface area contributed by atoms with Crippen molar-refractivity contribution in [2.24, 2.45) is 5.92 Å². The summed E-state index contributed by atoms with van der Waals surface area (Å²) in [5, 5.41) is 11.3. The van der Waals surface area contributed by atoms with E-state index in [0.717, 1.165) is 56.4 Å². The Morgan fingerprint density at radius 3 is 2.85 bits per heavy atom. The van der Waals surface area contributed by atoms with Crippen LogP contribution in [0.2, 0.25) is 0 Å². The highest BCUT2D eigenvalue weighted by Crippen LogP contribution is 2.28. The van der Waals surface area contributed by atoms with E-state index in [9.17, 15) is 4.79 Å². The molecule has 5 nitrogen and oxygen atoms in total. The van der Waals surface area contributed by atoms with Gasteiger partial charge in [-0.05, 0) is 62.3 Å². The fourth-order valence-corrected chi connectivity index (χ4v) is 4.13. The molecule has 0 bridgehead atoms. The first kappa shape index (κ1) is 17.3. The first-order valence-corrected chi connectivity index (χ1v) is 9.89. The molecule has 1 aliphatic carbocycles. The van der Waals surface area contributed by atoms with Crippen LogP contribution in [-0.2, 0) is 19.3 Å². The summed E-state index contributed by atoms with van der Waals surface area (Å²) in [7, 11) is 0. The number of rotatable bonds is 4. The molecular weight excluding hydrogens is 324 g/mol. The van der Waals surface area contributed by atoms with E-state index >= 15 is 0 Å². The van der Waals surface area contributed by atoms with Crippen LogP contribution < -0.4 is 10.6 Å². The van der Waals surface area contributed by atoms with Crippen molar-refractivity contribution in [3.8, 4) is 5.69 Å². The summed E-state index contributed by atoms with van der Waals surface area (Å²) in [6.07, 6.45) is 5.16. The molecule has 26 heavy (non-hydrogen) atoms. The molecule has 1 aliphatic heterocycles. The summed E-state index contributed by atoms with van der Waals surface area (Å²) >= 11 is 0. The molecule has 1 aromatic heterocycles. The van der Waals surface area contributed by atoms with E-state index in [2.05, 4.69) is 48.7 Å². The number of nitrogens with one attached hydrogen (secondary N) is 2. The van der Waals surface area contributed by atoms with Crippen LogP contribution in [0.3, 0.4) is 0 Å². The van der Waals surface area contributed by atoms with E-state index in [4.69, 9.17) is 5.10 Å². The maximum atomic E-state index is 12.9. The molecule has 0 saturated carbocycles. The molecule has 2 unspecified atom stereocenters. The van der Waals surface area contributed by atoms with Gasteiger partial charge in [0, 0.05) is 23.8 Å². The first-order chi connectivity index (χ1) is 12.7. The zero-order chi connectivity index (χ0) is 18.1. The third kappa shape index (κ3) is 3.16. The van der Waals surface area contributed by atoms with Gasteiger partial charge in [0.25, 0.3) is 5.91 Å². The fraction of sp³-hybridized carbons (Fsp3) is 0.524. The SMILES string of the molecule is CCc1ccc(-n2nc(C(=O)NC3CNCCC3C)c3c2CCC3)cc1. The number of nitrogens with zero attached hydrogens (tertiary/aromatic N) is 2. The van der Waals surface area contributed by atoms with Gasteiger partial charge in [0.05, 0.1) is 5.69 Å². The van der Waals surface area contributed by atoms with E-state index in [-0.39, 0.29) is 11.9 Å². The van der Waals surface area contributed by atoms with E-state index in [1.165, 1.54) is 11.3 Å². The molecule has 138 valence electrons. The number of hydrogen-bond donors (Lipinski definition) is 2. The van der Waals surface area contributed by atoms with Crippen LogP contribution in [-0.4, -0.2) is 34.8 Å². The Balaban J connectivity index is 1.61. The van der Waals surface area contributed by atoms with Gasteiger partial charge < -0.3 is 10.6 Å². The van der Waals surface area contributed by atoms with Crippen molar-refractivity contribution >= 4 is 5.91 Å². The van der Waals surface area contributed by atoms with Crippen molar-refractivity contribution in [2.75, 3.05) is 13.1 Å². The zero-order valence-electron chi connectivity index (χ0n) is 15.7. The minimum Gasteiger partial charge on any atom is -0.346 e. The molecule has 2 aliphatic rings. The van der Waals surface area contributed by atoms with Crippen molar-refractivity contribution in [3.05, 3.63) is 46.8 Å². The van der Waals surface area contributed by atoms with Gasteiger partial charge in [0.2, 0.25) is 0 Å². The van der Waals surface area contributed by atoms with Gasteiger partial charge in [-0.1, -0.05) is 26.0 Å². The average molecular weight is 352 g/mol. The second-order valence-electron chi connectivity index (χ2n) is 7.61. The number of aryl methyl sites for hydroxylation is 1. The minimum atomic E-state index is -0.0207. The van der Waals surface area contributed by atoms with Crippen LogP contribution in [0.4, 0.5) is 0 Å².